The van der Waals surface area contributed by atoms with E-state index in [4.69, 9.17) is 23.2 Å². The molecule has 0 fully saturated rings. The highest BCUT2D eigenvalue weighted by Gasteiger charge is 2.13. The molecule has 0 spiro atoms. The maximum absolute atomic E-state index is 11.9. The summed E-state index contributed by atoms with van der Waals surface area (Å²) in [5.74, 6) is -1.79. The maximum atomic E-state index is 11.9. The third-order valence-corrected chi connectivity index (χ3v) is 4.67. The van der Waals surface area contributed by atoms with Crippen molar-refractivity contribution < 1.29 is 9.59 Å². The van der Waals surface area contributed by atoms with Gasteiger partial charge in [-0.15, -0.1) is 0 Å². The van der Waals surface area contributed by atoms with Gasteiger partial charge in [-0.2, -0.15) is 5.10 Å². The number of fused-ring (bicyclic) bond motifs is 1. The molecule has 3 aromatic rings. The summed E-state index contributed by atoms with van der Waals surface area (Å²) in [6.07, 6.45) is 1.34. The summed E-state index contributed by atoms with van der Waals surface area (Å²) in [7, 11) is 0. The Morgan fingerprint density at radius 2 is 1.82 bits per heavy atom. The highest BCUT2D eigenvalue weighted by atomic mass is 35.5. The number of nitrogens with zero attached hydrogens (tertiary/aromatic N) is 2. The summed E-state index contributed by atoms with van der Waals surface area (Å²) in [6.45, 7) is 3.80. The lowest BCUT2D eigenvalue weighted by Gasteiger charge is -2.06. The fourth-order valence-electron chi connectivity index (χ4n) is 2.43. The number of benzene rings is 2. The van der Waals surface area contributed by atoms with E-state index in [1.165, 1.54) is 6.21 Å². The van der Waals surface area contributed by atoms with Crippen molar-refractivity contribution in [3.05, 3.63) is 69.3 Å². The van der Waals surface area contributed by atoms with Crippen LogP contribution in [0, 0.1) is 13.8 Å². The van der Waals surface area contributed by atoms with Gasteiger partial charge in [0.2, 0.25) is 0 Å². The number of anilines is 1. The lowest BCUT2D eigenvalue weighted by atomic mass is 10.1. The van der Waals surface area contributed by atoms with Crippen LogP contribution >= 0.6 is 23.2 Å². The lowest BCUT2D eigenvalue weighted by Crippen LogP contribution is -2.32. The first-order valence-electron chi connectivity index (χ1n) is 8.31. The Bertz CT molecular complexity index is 1110. The molecule has 1 heterocycles. The fraction of sp³-hybridized carbons (Fsp3) is 0.100. The van der Waals surface area contributed by atoms with Crippen LogP contribution in [0.4, 0.5) is 5.69 Å². The zero-order valence-corrected chi connectivity index (χ0v) is 16.6. The molecule has 0 saturated carbocycles. The number of pyridine rings is 1. The van der Waals surface area contributed by atoms with E-state index in [0.717, 1.165) is 22.0 Å². The molecule has 2 aromatic carbocycles. The molecule has 2 N–H and O–H groups in total. The third-order valence-electron chi connectivity index (χ3n) is 3.96. The number of hydrogen-bond donors (Lipinski definition) is 2. The van der Waals surface area contributed by atoms with Crippen molar-refractivity contribution >= 4 is 57.8 Å². The van der Waals surface area contributed by atoms with Gasteiger partial charge in [-0.25, -0.2) is 10.4 Å². The molecule has 3 rings (SSSR count). The minimum atomic E-state index is -0.923. The molecule has 0 bridgehead atoms. The van der Waals surface area contributed by atoms with E-state index in [-0.39, 0.29) is 5.15 Å². The van der Waals surface area contributed by atoms with Gasteiger partial charge in [0.25, 0.3) is 0 Å². The number of rotatable bonds is 3. The van der Waals surface area contributed by atoms with Crippen molar-refractivity contribution in [2.45, 2.75) is 13.8 Å². The van der Waals surface area contributed by atoms with Crippen molar-refractivity contribution in [1.82, 2.24) is 10.4 Å². The van der Waals surface area contributed by atoms with Crippen molar-refractivity contribution in [2.75, 3.05) is 5.32 Å². The van der Waals surface area contributed by atoms with Crippen molar-refractivity contribution in [2.24, 2.45) is 5.10 Å². The Morgan fingerprint density at radius 3 is 2.57 bits per heavy atom. The van der Waals surface area contributed by atoms with Crippen LogP contribution in [0.25, 0.3) is 10.9 Å². The first-order chi connectivity index (χ1) is 13.3. The molecule has 0 aliphatic heterocycles. The number of aromatic nitrogens is 1. The van der Waals surface area contributed by atoms with Crippen LogP contribution < -0.4 is 10.7 Å². The highest BCUT2D eigenvalue weighted by Crippen LogP contribution is 2.21. The first-order valence-corrected chi connectivity index (χ1v) is 9.06. The molecule has 8 heteroatoms. The molecule has 6 nitrogen and oxygen atoms in total. The number of halogens is 2. The van der Waals surface area contributed by atoms with E-state index in [2.05, 4.69) is 20.8 Å². The number of hydrazone groups is 1. The Labute approximate surface area is 171 Å². The second-order valence-electron chi connectivity index (χ2n) is 6.18. The smallest absolute Gasteiger partial charge is 0.318 e. The molecular formula is C20H16Cl2N4O2. The van der Waals surface area contributed by atoms with Crippen LogP contribution in [-0.4, -0.2) is 23.0 Å². The summed E-state index contributed by atoms with van der Waals surface area (Å²) in [5, 5.41) is 7.86. The number of carbonyl (C=O) groups is 2. The van der Waals surface area contributed by atoms with Crippen LogP contribution in [-0.2, 0) is 9.59 Å². The van der Waals surface area contributed by atoms with Crippen LogP contribution in [0.2, 0.25) is 10.2 Å². The molecule has 28 heavy (non-hydrogen) atoms. The van der Waals surface area contributed by atoms with Crippen LogP contribution in [0.15, 0.2) is 47.6 Å². The van der Waals surface area contributed by atoms with Gasteiger partial charge < -0.3 is 5.32 Å². The Hall–Kier alpha value is -2.96. The third kappa shape index (κ3) is 4.65. The molecule has 1 aromatic heterocycles. The Kier molecular flexibility index (Phi) is 5.92. The Morgan fingerprint density at radius 1 is 1.04 bits per heavy atom. The van der Waals surface area contributed by atoms with Crippen molar-refractivity contribution in [3.63, 3.8) is 0 Å². The van der Waals surface area contributed by atoms with Gasteiger partial charge in [-0.3, -0.25) is 9.59 Å². The SMILES string of the molecule is Cc1ccc2cc(C=NNC(=O)C(=O)Nc3ccc(C)c(Cl)c3)c(Cl)nc2c1. The molecular weight excluding hydrogens is 399 g/mol. The van der Waals surface area contributed by atoms with Crippen molar-refractivity contribution in [1.29, 1.82) is 0 Å². The van der Waals surface area contributed by atoms with E-state index in [9.17, 15) is 9.59 Å². The number of aryl methyl sites for hydroxylation is 2. The fourth-order valence-corrected chi connectivity index (χ4v) is 2.81. The van der Waals surface area contributed by atoms with Crippen molar-refractivity contribution in [3.8, 4) is 0 Å². The summed E-state index contributed by atoms with van der Waals surface area (Å²) >= 11 is 12.2. The van der Waals surface area contributed by atoms with Gasteiger partial charge in [0.05, 0.1) is 11.7 Å². The van der Waals surface area contributed by atoms with E-state index >= 15 is 0 Å². The van der Waals surface area contributed by atoms with E-state index in [1.54, 1.807) is 24.3 Å². The molecule has 2 amide bonds. The second kappa shape index (κ2) is 8.37. The van der Waals surface area contributed by atoms with Gasteiger partial charge >= 0.3 is 11.8 Å². The van der Waals surface area contributed by atoms with Gasteiger partial charge in [-0.05, 0) is 49.2 Å². The number of nitrogens with one attached hydrogen (secondary N) is 2. The Balaban J connectivity index is 1.66. The monoisotopic (exact) mass is 414 g/mol. The summed E-state index contributed by atoms with van der Waals surface area (Å²) in [6, 6.07) is 12.6. The molecule has 0 radical (unpaired) electrons. The standard InChI is InChI=1S/C20H16Cl2N4O2/c1-11-3-5-13-8-14(18(22)25-17(13)7-11)10-23-26-20(28)19(27)24-15-6-4-12(2)16(21)9-15/h3-10H,1-2H3,(H,24,27)(H,26,28). The molecule has 0 aliphatic carbocycles. The zero-order chi connectivity index (χ0) is 20.3. The average molecular weight is 415 g/mol. The number of carbonyl (C=O) groups excluding carboxylic acids is 2. The summed E-state index contributed by atoms with van der Waals surface area (Å²) in [5.41, 5.74) is 5.80. The normalized spacial score (nSPS) is 11.0. The first kappa shape index (κ1) is 19.8. The van der Waals surface area contributed by atoms with Gasteiger partial charge in [0.15, 0.2) is 0 Å². The minimum Gasteiger partial charge on any atom is -0.318 e. The number of hydrogen-bond acceptors (Lipinski definition) is 4. The maximum Gasteiger partial charge on any atom is 0.329 e. The summed E-state index contributed by atoms with van der Waals surface area (Å²) in [4.78, 5) is 28.2. The molecule has 0 saturated heterocycles. The molecule has 0 atom stereocenters. The highest BCUT2D eigenvalue weighted by molar-refractivity contribution is 6.40. The second-order valence-corrected chi connectivity index (χ2v) is 6.95. The van der Waals surface area contributed by atoms with Crippen LogP contribution in [0.3, 0.4) is 0 Å². The van der Waals surface area contributed by atoms with Gasteiger partial charge in [0.1, 0.15) is 5.15 Å². The van der Waals surface area contributed by atoms with E-state index in [0.29, 0.717) is 16.3 Å². The largest absolute Gasteiger partial charge is 0.329 e. The molecule has 0 aliphatic rings. The predicted octanol–water partition coefficient (Wildman–Crippen LogP) is 4.25. The topological polar surface area (TPSA) is 83.5 Å². The lowest BCUT2D eigenvalue weighted by molar-refractivity contribution is -0.136. The predicted molar refractivity (Wildman–Crippen MR) is 112 cm³/mol. The molecule has 142 valence electrons. The quantitative estimate of drug-likeness (QED) is 0.290. The van der Waals surface area contributed by atoms with E-state index < -0.39 is 11.8 Å². The minimum absolute atomic E-state index is 0.245. The summed E-state index contributed by atoms with van der Waals surface area (Å²) < 4.78 is 0. The van der Waals surface area contributed by atoms with Gasteiger partial charge in [0, 0.05) is 21.7 Å². The van der Waals surface area contributed by atoms with Gasteiger partial charge in [-0.1, -0.05) is 41.4 Å². The van der Waals surface area contributed by atoms with Crippen LogP contribution in [0.1, 0.15) is 16.7 Å². The average Bonchev–Trinajstić information content (AvgIpc) is 2.65. The zero-order valence-electron chi connectivity index (χ0n) is 15.1. The van der Waals surface area contributed by atoms with Crippen LogP contribution in [0.5, 0.6) is 0 Å². The molecule has 0 unspecified atom stereocenters. The van der Waals surface area contributed by atoms with E-state index in [1.807, 2.05) is 32.0 Å². The number of amides is 2.